The highest BCUT2D eigenvalue weighted by molar-refractivity contribution is 6.02. The van der Waals surface area contributed by atoms with Crippen molar-refractivity contribution in [3.63, 3.8) is 0 Å². The number of halogens is 2. The van der Waals surface area contributed by atoms with Gasteiger partial charge in [-0.05, 0) is 12.1 Å². The van der Waals surface area contributed by atoms with E-state index in [1.165, 1.54) is 12.1 Å². The monoisotopic (exact) mass is 244 g/mol. The average molecular weight is 244 g/mol. The lowest BCUT2D eigenvalue weighted by Gasteiger charge is -2.09. The fourth-order valence-electron chi connectivity index (χ4n) is 2.15. The second kappa shape index (κ2) is 3.57. The summed E-state index contributed by atoms with van der Waals surface area (Å²) in [4.78, 5) is 0. The van der Waals surface area contributed by atoms with Gasteiger partial charge >= 0.3 is 0 Å². The van der Waals surface area contributed by atoms with E-state index >= 15 is 0 Å². The molecule has 2 nitrogen and oxygen atoms in total. The number of fused-ring (bicyclic) bond motifs is 2. The van der Waals surface area contributed by atoms with Crippen LogP contribution in [0.1, 0.15) is 0 Å². The third-order valence-corrected chi connectivity index (χ3v) is 3.10. The Morgan fingerprint density at radius 2 is 1.06 bits per heavy atom. The van der Waals surface area contributed by atoms with Crippen molar-refractivity contribution in [1.29, 1.82) is 0 Å². The van der Waals surface area contributed by atoms with Gasteiger partial charge in [-0.25, -0.2) is 8.78 Å². The van der Waals surface area contributed by atoms with Gasteiger partial charge in [0.05, 0.1) is 11.4 Å². The van der Waals surface area contributed by atoms with Crippen LogP contribution in [0.15, 0.2) is 36.4 Å². The first kappa shape index (κ1) is 10.8. The van der Waals surface area contributed by atoms with Crippen LogP contribution in [-0.4, -0.2) is 0 Å². The molecule has 0 aliphatic rings. The van der Waals surface area contributed by atoms with Crippen molar-refractivity contribution >= 4 is 32.9 Å². The van der Waals surface area contributed by atoms with Gasteiger partial charge in [0.2, 0.25) is 0 Å². The topological polar surface area (TPSA) is 52.0 Å². The molecule has 0 atom stereocenters. The molecule has 0 saturated carbocycles. The lowest BCUT2D eigenvalue weighted by molar-refractivity contribution is 0.635. The maximum absolute atomic E-state index is 14.3. The zero-order chi connectivity index (χ0) is 12.9. The van der Waals surface area contributed by atoms with Crippen molar-refractivity contribution in [3.05, 3.63) is 48.0 Å². The Balaban J connectivity index is 2.62. The lowest BCUT2D eigenvalue weighted by Crippen LogP contribution is -1.97. The van der Waals surface area contributed by atoms with Crippen LogP contribution in [0.25, 0.3) is 21.5 Å². The number of hydrogen-bond acceptors (Lipinski definition) is 2. The third kappa shape index (κ3) is 1.32. The molecule has 0 heterocycles. The van der Waals surface area contributed by atoms with Crippen molar-refractivity contribution in [1.82, 2.24) is 0 Å². The largest absolute Gasteiger partial charge is 0.397 e. The summed E-state index contributed by atoms with van der Waals surface area (Å²) in [6.45, 7) is 0. The van der Waals surface area contributed by atoms with Gasteiger partial charge in [0.25, 0.3) is 0 Å². The lowest BCUT2D eigenvalue weighted by atomic mass is 10.0. The Labute approximate surface area is 102 Å². The third-order valence-electron chi connectivity index (χ3n) is 3.10. The van der Waals surface area contributed by atoms with E-state index in [0.29, 0.717) is 0 Å². The van der Waals surface area contributed by atoms with E-state index in [0.717, 1.165) is 0 Å². The van der Waals surface area contributed by atoms with E-state index in [1.807, 2.05) is 0 Å². The van der Waals surface area contributed by atoms with E-state index in [1.54, 1.807) is 24.3 Å². The number of nitrogens with two attached hydrogens (primary N) is 2. The first-order valence-corrected chi connectivity index (χ1v) is 5.44. The maximum Gasteiger partial charge on any atom is 0.139 e. The maximum atomic E-state index is 14.3. The van der Waals surface area contributed by atoms with Crippen molar-refractivity contribution in [2.45, 2.75) is 0 Å². The van der Waals surface area contributed by atoms with Crippen LogP contribution in [0.5, 0.6) is 0 Å². The summed E-state index contributed by atoms with van der Waals surface area (Å²) in [5, 5.41) is 0.786. The Morgan fingerprint density at radius 1 is 0.667 bits per heavy atom. The minimum Gasteiger partial charge on any atom is -0.397 e. The molecule has 4 N–H and O–H groups in total. The molecule has 0 aliphatic carbocycles. The summed E-state index contributed by atoms with van der Waals surface area (Å²) in [5.74, 6) is -0.956. The first-order chi connectivity index (χ1) is 8.59. The highest BCUT2D eigenvalue weighted by Gasteiger charge is 2.14. The van der Waals surface area contributed by atoms with Gasteiger partial charge in [-0.1, -0.05) is 24.3 Å². The summed E-state index contributed by atoms with van der Waals surface area (Å²) in [6, 6.07) is 9.15. The molecule has 0 aliphatic heterocycles. The Kier molecular flexibility index (Phi) is 2.13. The zero-order valence-electron chi connectivity index (χ0n) is 9.37. The molecule has 4 heteroatoms. The molecule has 0 radical (unpaired) electrons. The normalized spacial score (nSPS) is 11.2. The SMILES string of the molecule is Nc1cc2c(F)c3ccccc3c(F)c2cc1N. The highest BCUT2D eigenvalue weighted by Crippen LogP contribution is 2.33. The molecule has 0 saturated heterocycles. The predicted molar refractivity (Wildman–Crippen MR) is 70.2 cm³/mol. The molecule has 18 heavy (non-hydrogen) atoms. The minimum atomic E-state index is -0.478. The van der Waals surface area contributed by atoms with Crippen LogP contribution in [-0.2, 0) is 0 Å². The van der Waals surface area contributed by atoms with Crippen LogP contribution >= 0.6 is 0 Å². The number of hydrogen-bond donors (Lipinski definition) is 2. The van der Waals surface area contributed by atoms with E-state index in [9.17, 15) is 8.78 Å². The van der Waals surface area contributed by atoms with Crippen molar-refractivity contribution in [2.75, 3.05) is 11.5 Å². The molecule has 0 spiro atoms. The molecule has 0 fully saturated rings. The number of nitrogen functional groups attached to an aromatic ring is 2. The standard InChI is InChI=1S/C14H10F2N2/c15-13-7-3-1-2-4-8(7)14(16)10-6-12(18)11(17)5-9(10)13/h1-6H,17-18H2. The molecule has 0 aromatic heterocycles. The van der Waals surface area contributed by atoms with Gasteiger partial charge in [-0.15, -0.1) is 0 Å². The number of anilines is 2. The van der Waals surface area contributed by atoms with Crippen LogP contribution < -0.4 is 11.5 Å². The zero-order valence-corrected chi connectivity index (χ0v) is 9.37. The Bertz CT molecular complexity index is 716. The highest BCUT2D eigenvalue weighted by atomic mass is 19.1. The van der Waals surface area contributed by atoms with E-state index in [2.05, 4.69) is 0 Å². The summed E-state index contributed by atoms with van der Waals surface area (Å²) < 4.78 is 28.6. The molecule has 0 amide bonds. The van der Waals surface area contributed by atoms with Crippen LogP contribution in [0, 0.1) is 11.6 Å². The molecule has 0 bridgehead atoms. The molecule has 3 aromatic rings. The van der Waals surface area contributed by atoms with Gasteiger partial charge in [-0.3, -0.25) is 0 Å². The Morgan fingerprint density at radius 3 is 1.44 bits per heavy atom. The summed E-state index contributed by atoms with van der Waals surface area (Å²) in [5.41, 5.74) is 11.8. The number of benzene rings is 3. The van der Waals surface area contributed by atoms with Crippen molar-refractivity contribution < 1.29 is 8.78 Å². The molecular weight excluding hydrogens is 234 g/mol. The van der Waals surface area contributed by atoms with Gasteiger partial charge in [-0.2, -0.15) is 0 Å². The first-order valence-electron chi connectivity index (χ1n) is 5.44. The van der Waals surface area contributed by atoms with Crippen molar-refractivity contribution in [3.8, 4) is 0 Å². The van der Waals surface area contributed by atoms with E-state index in [-0.39, 0.29) is 32.9 Å². The van der Waals surface area contributed by atoms with Crippen LogP contribution in [0.4, 0.5) is 20.2 Å². The summed E-state index contributed by atoms with van der Waals surface area (Å²) in [6.07, 6.45) is 0. The molecule has 3 rings (SSSR count). The smallest absolute Gasteiger partial charge is 0.139 e. The van der Waals surface area contributed by atoms with Gasteiger partial charge in [0.1, 0.15) is 11.6 Å². The molecular formula is C14H10F2N2. The van der Waals surface area contributed by atoms with Crippen molar-refractivity contribution in [2.24, 2.45) is 0 Å². The van der Waals surface area contributed by atoms with E-state index < -0.39 is 11.6 Å². The molecule has 90 valence electrons. The summed E-state index contributed by atoms with van der Waals surface area (Å²) in [7, 11) is 0. The Hall–Kier alpha value is -2.36. The summed E-state index contributed by atoms with van der Waals surface area (Å²) >= 11 is 0. The van der Waals surface area contributed by atoms with Gasteiger partial charge in [0.15, 0.2) is 0 Å². The molecule has 3 aromatic carbocycles. The average Bonchev–Trinajstić information content (AvgIpc) is 2.38. The van der Waals surface area contributed by atoms with Gasteiger partial charge in [0, 0.05) is 21.5 Å². The van der Waals surface area contributed by atoms with Gasteiger partial charge < -0.3 is 11.5 Å². The van der Waals surface area contributed by atoms with Crippen LogP contribution in [0.2, 0.25) is 0 Å². The second-order valence-corrected chi connectivity index (χ2v) is 4.20. The number of rotatable bonds is 0. The fourth-order valence-corrected chi connectivity index (χ4v) is 2.15. The van der Waals surface area contributed by atoms with Crippen LogP contribution in [0.3, 0.4) is 0 Å². The second-order valence-electron chi connectivity index (χ2n) is 4.20. The van der Waals surface area contributed by atoms with E-state index in [4.69, 9.17) is 11.5 Å². The quantitative estimate of drug-likeness (QED) is 0.470. The molecule has 0 unspecified atom stereocenters. The minimum absolute atomic E-state index is 0.151. The predicted octanol–water partition coefficient (Wildman–Crippen LogP) is 3.44. The fraction of sp³-hybridized carbons (Fsp3) is 0.